The van der Waals surface area contributed by atoms with E-state index < -0.39 is 0 Å². The van der Waals surface area contributed by atoms with E-state index in [9.17, 15) is 0 Å². The molecule has 0 aromatic carbocycles. The molecular weight excluding hydrogens is 158 g/mol. The Morgan fingerprint density at radius 3 is 2.08 bits per heavy atom. The Balaban J connectivity index is 4.27. The summed E-state index contributed by atoms with van der Waals surface area (Å²) < 4.78 is 0. The average molecular weight is 185 g/mol. The highest BCUT2D eigenvalue weighted by Gasteiger charge is 2.30. The molecule has 0 aromatic heterocycles. The van der Waals surface area contributed by atoms with E-state index in [0.717, 1.165) is 18.4 Å². The summed E-state index contributed by atoms with van der Waals surface area (Å²) in [5.74, 6) is 1.54. The van der Waals surface area contributed by atoms with Gasteiger partial charge in [-0.15, -0.1) is 0 Å². The minimum atomic E-state index is 0.342. The Morgan fingerprint density at radius 2 is 1.77 bits per heavy atom. The Labute approximate surface area is 84.1 Å². The lowest BCUT2D eigenvalue weighted by Crippen LogP contribution is -2.36. The Hall–Kier alpha value is -0.0400. The number of nitrogens with two attached hydrogens (primary N) is 1. The monoisotopic (exact) mass is 185 g/mol. The minimum absolute atomic E-state index is 0.342. The van der Waals surface area contributed by atoms with E-state index in [1.165, 1.54) is 19.3 Å². The molecule has 0 aliphatic rings. The first kappa shape index (κ1) is 13.0. The maximum atomic E-state index is 5.85. The van der Waals surface area contributed by atoms with Crippen LogP contribution in [0, 0.1) is 17.3 Å². The molecule has 0 saturated carbocycles. The molecule has 0 aromatic rings. The van der Waals surface area contributed by atoms with Gasteiger partial charge in [0.1, 0.15) is 0 Å². The highest BCUT2D eigenvalue weighted by atomic mass is 14.6. The number of hydrogen-bond acceptors (Lipinski definition) is 1. The van der Waals surface area contributed by atoms with Gasteiger partial charge in [0.2, 0.25) is 0 Å². The summed E-state index contributed by atoms with van der Waals surface area (Å²) in [6.07, 6.45) is 3.81. The van der Waals surface area contributed by atoms with Crippen LogP contribution in [0.25, 0.3) is 0 Å². The standard InChI is InChI=1S/C12H27N/c1-6-8-10(3)11(4)12(5,7-2)9-13/h10-11H,6-9,13H2,1-5H3. The van der Waals surface area contributed by atoms with E-state index in [1.54, 1.807) is 0 Å². The average Bonchev–Trinajstić information content (AvgIpc) is 2.16. The third-order valence-electron chi connectivity index (χ3n) is 3.97. The molecule has 0 radical (unpaired) electrons. The van der Waals surface area contributed by atoms with Gasteiger partial charge in [0, 0.05) is 0 Å². The van der Waals surface area contributed by atoms with Crippen LogP contribution >= 0.6 is 0 Å². The molecule has 2 N–H and O–H groups in total. The Morgan fingerprint density at radius 1 is 1.23 bits per heavy atom. The van der Waals surface area contributed by atoms with E-state index in [4.69, 9.17) is 5.73 Å². The molecule has 3 atom stereocenters. The van der Waals surface area contributed by atoms with Crippen LogP contribution < -0.4 is 5.73 Å². The molecular formula is C12H27N. The third-order valence-corrected chi connectivity index (χ3v) is 3.97. The second-order valence-corrected chi connectivity index (χ2v) is 4.77. The topological polar surface area (TPSA) is 26.0 Å². The van der Waals surface area contributed by atoms with E-state index in [-0.39, 0.29) is 0 Å². The van der Waals surface area contributed by atoms with Crippen LogP contribution in [0.3, 0.4) is 0 Å². The van der Waals surface area contributed by atoms with Crippen LogP contribution in [0.15, 0.2) is 0 Å². The summed E-state index contributed by atoms with van der Waals surface area (Å²) in [5, 5.41) is 0. The van der Waals surface area contributed by atoms with Crippen molar-refractivity contribution in [3.63, 3.8) is 0 Å². The van der Waals surface area contributed by atoms with Crippen LogP contribution in [-0.4, -0.2) is 6.54 Å². The highest BCUT2D eigenvalue weighted by Crippen LogP contribution is 2.36. The normalized spacial score (nSPS) is 20.8. The first-order valence-corrected chi connectivity index (χ1v) is 5.71. The summed E-state index contributed by atoms with van der Waals surface area (Å²) in [7, 11) is 0. The van der Waals surface area contributed by atoms with Gasteiger partial charge >= 0.3 is 0 Å². The fraction of sp³-hybridized carbons (Fsp3) is 1.00. The predicted octanol–water partition coefficient (Wildman–Crippen LogP) is 3.43. The zero-order chi connectivity index (χ0) is 10.5. The van der Waals surface area contributed by atoms with Crippen LogP contribution in [0.4, 0.5) is 0 Å². The molecule has 0 aliphatic carbocycles. The first-order chi connectivity index (χ1) is 6.01. The predicted molar refractivity (Wildman–Crippen MR) is 60.7 cm³/mol. The van der Waals surface area contributed by atoms with E-state index in [2.05, 4.69) is 34.6 Å². The van der Waals surface area contributed by atoms with Crippen molar-refractivity contribution in [1.29, 1.82) is 0 Å². The summed E-state index contributed by atoms with van der Waals surface area (Å²) in [5.41, 5.74) is 6.19. The molecule has 3 unspecified atom stereocenters. The van der Waals surface area contributed by atoms with Crippen LogP contribution in [-0.2, 0) is 0 Å². The molecule has 1 nitrogen and oxygen atoms in total. The number of rotatable bonds is 6. The molecule has 0 amide bonds. The van der Waals surface area contributed by atoms with Gasteiger partial charge in [-0.2, -0.15) is 0 Å². The Kier molecular flexibility index (Phi) is 5.62. The third kappa shape index (κ3) is 3.30. The van der Waals surface area contributed by atoms with Crippen molar-refractivity contribution in [2.75, 3.05) is 6.54 Å². The fourth-order valence-corrected chi connectivity index (χ4v) is 2.04. The van der Waals surface area contributed by atoms with Crippen LogP contribution in [0.1, 0.15) is 53.9 Å². The van der Waals surface area contributed by atoms with Crippen LogP contribution in [0.2, 0.25) is 0 Å². The summed E-state index contributed by atoms with van der Waals surface area (Å²) >= 11 is 0. The zero-order valence-electron chi connectivity index (χ0n) is 10.1. The van der Waals surface area contributed by atoms with Crippen LogP contribution in [0.5, 0.6) is 0 Å². The maximum absolute atomic E-state index is 5.85. The number of hydrogen-bond donors (Lipinski definition) is 1. The molecule has 0 heterocycles. The van der Waals surface area contributed by atoms with Crippen molar-refractivity contribution in [3.8, 4) is 0 Å². The van der Waals surface area contributed by atoms with Gasteiger partial charge < -0.3 is 5.73 Å². The van der Waals surface area contributed by atoms with Gasteiger partial charge in [-0.1, -0.05) is 47.5 Å². The van der Waals surface area contributed by atoms with Gasteiger partial charge in [-0.25, -0.2) is 0 Å². The van der Waals surface area contributed by atoms with Gasteiger partial charge in [-0.05, 0) is 30.2 Å². The van der Waals surface area contributed by atoms with Crippen molar-refractivity contribution in [1.82, 2.24) is 0 Å². The van der Waals surface area contributed by atoms with Gasteiger partial charge in [0.25, 0.3) is 0 Å². The van der Waals surface area contributed by atoms with Crippen molar-refractivity contribution >= 4 is 0 Å². The molecule has 0 bridgehead atoms. The summed E-state index contributed by atoms with van der Waals surface area (Å²) in [4.78, 5) is 0. The SMILES string of the molecule is CCCC(C)C(C)C(C)(CC)CN. The highest BCUT2D eigenvalue weighted by molar-refractivity contribution is 4.82. The quantitative estimate of drug-likeness (QED) is 0.674. The lowest BCUT2D eigenvalue weighted by atomic mass is 9.69. The molecule has 1 heteroatoms. The van der Waals surface area contributed by atoms with Gasteiger partial charge in [-0.3, -0.25) is 0 Å². The van der Waals surface area contributed by atoms with E-state index >= 15 is 0 Å². The summed E-state index contributed by atoms with van der Waals surface area (Å²) in [6, 6.07) is 0. The van der Waals surface area contributed by atoms with Crippen molar-refractivity contribution in [2.24, 2.45) is 23.0 Å². The molecule has 0 spiro atoms. The van der Waals surface area contributed by atoms with Crippen molar-refractivity contribution in [2.45, 2.75) is 53.9 Å². The lowest BCUT2D eigenvalue weighted by Gasteiger charge is -2.37. The fourth-order valence-electron chi connectivity index (χ4n) is 2.04. The second-order valence-electron chi connectivity index (χ2n) is 4.77. The van der Waals surface area contributed by atoms with Crippen molar-refractivity contribution in [3.05, 3.63) is 0 Å². The zero-order valence-corrected chi connectivity index (χ0v) is 10.1. The smallest absolute Gasteiger partial charge is 0.00206 e. The lowest BCUT2D eigenvalue weighted by molar-refractivity contribution is 0.139. The van der Waals surface area contributed by atoms with E-state index in [1.807, 2.05) is 0 Å². The van der Waals surface area contributed by atoms with E-state index in [0.29, 0.717) is 5.41 Å². The largest absolute Gasteiger partial charge is 0.330 e. The Bertz CT molecular complexity index is 127. The molecule has 0 aliphatic heterocycles. The summed E-state index contributed by atoms with van der Waals surface area (Å²) in [6.45, 7) is 12.4. The molecule has 0 saturated heterocycles. The first-order valence-electron chi connectivity index (χ1n) is 5.71. The second kappa shape index (κ2) is 5.64. The molecule has 0 rings (SSSR count). The molecule has 80 valence electrons. The maximum Gasteiger partial charge on any atom is -0.00206 e. The van der Waals surface area contributed by atoms with Crippen molar-refractivity contribution < 1.29 is 0 Å². The minimum Gasteiger partial charge on any atom is -0.330 e. The molecule has 0 fully saturated rings. The van der Waals surface area contributed by atoms with Gasteiger partial charge in [0.05, 0.1) is 0 Å². The molecule has 13 heavy (non-hydrogen) atoms. The van der Waals surface area contributed by atoms with Gasteiger partial charge in [0.15, 0.2) is 0 Å².